The number of rotatable bonds is 2. The first-order chi connectivity index (χ1) is 5.77. The van der Waals surface area contributed by atoms with Gasteiger partial charge in [0.05, 0.1) is 12.7 Å². The average molecular weight is 166 g/mol. The Morgan fingerprint density at radius 2 is 2.50 bits per heavy atom. The highest BCUT2D eigenvalue weighted by Crippen LogP contribution is 2.25. The van der Waals surface area contributed by atoms with Gasteiger partial charge in [-0.1, -0.05) is 12.1 Å². The summed E-state index contributed by atoms with van der Waals surface area (Å²) in [7, 11) is 0. The van der Waals surface area contributed by atoms with Crippen molar-refractivity contribution < 1.29 is 4.52 Å². The Hall–Kier alpha value is -0.830. The van der Waals surface area contributed by atoms with Crippen molar-refractivity contribution in [2.24, 2.45) is 5.92 Å². The number of hydrogen-bond acceptors (Lipinski definition) is 3. The number of likely N-dealkylation sites (tertiary alicyclic amines) is 1. The van der Waals surface area contributed by atoms with Crippen LogP contribution in [0.15, 0.2) is 16.8 Å². The van der Waals surface area contributed by atoms with Gasteiger partial charge in [-0.3, -0.25) is 4.90 Å². The van der Waals surface area contributed by atoms with Crippen LogP contribution in [0, 0.1) is 5.92 Å². The molecule has 1 fully saturated rings. The molecule has 2 unspecified atom stereocenters. The fourth-order valence-corrected chi connectivity index (χ4v) is 1.64. The minimum Gasteiger partial charge on any atom is -0.360 e. The lowest BCUT2D eigenvalue weighted by atomic mass is 9.92. The van der Waals surface area contributed by atoms with Crippen LogP contribution in [0.2, 0.25) is 0 Å². The Balaban J connectivity index is 1.90. The fraction of sp³-hybridized carbons (Fsp3) is 0.667. The topological polar surface area (TPSA) is 29.3 Å². The summed E-state index contributed by atoms with van der Waals surface area (Å²) in [4.78, 5) is 2.39. The van der Waals surface area contributed by atoms with E-state index in [0.29, 0.717) is 6.04 Å². The molecule has 2 rings (SSSR count). The summed E-state index contributed by atoms with van der Waals surface area (Å²) in [6.07, 6.45) is 1.70. The standard InChI is InChI=1S/C9H14N2O/c1-7-5-11(8(7)2)6-9-3-4-10-12-9/h3-4,7-8H,5-6H2,1-2H3. The summed E-state index contributed by atoms with van der Waals surface area (Å²) in [5.41, 5.74) is 0. The molecule has 12 heavy (non-hydrogen) atoms. The monoisotopic (exact) mass is 166 g/mol. The molecule has 0 spiro atoms. The molecule has 0 radical (unpaired) electrons. The molecule has 1 saturated heterocycles. The average Bonchev–Trinajstić information content (AvgIpc) is 2.56. The second-order valence-corrected chi connectivity index (χ2v) is 3.63. The number of nitrogens with zero attached hydrogens (tertiary/aromatic N) is 2. The molecule has 2 atom stereocenters. The Morgan fingerprint density at radius 3 is 3.00 bits per heavy atom. The van der Waals surface area contributed by atoms with Gasteiger partial charge in [0.25, 0.3) is 0 Å². The van der Waals surface area contributed by atoms with Gasteiger partial charge >= 0.3 is 0 Å². The molecule has 66 valence electrons. The lowest BCUT2D eigenvalue weighted by molar-refractivity contribution is 0.0231. The minimum absolute atomic E-state index is 0.690. The first-order valence-corrected chi connectivity index (χ1v) is 4.41. The van der Waals surface area contributed by atoms with Crippen molar-refractivity contribution in [3.8, 4) is 0 Å². The number of aromatic nitrogens is 1. The second-order valence-electron chi connectivity index (χ2n) is 3.63. The molecule has 3 heteroatoms. The Bertz CT molecular complexity index is 245. The number of hydrogen-bond donors (Lipinski definition) is 0. The molecule has 0 aromatic carbocycles. The summed E-state index contributed by atoms with van der Waals surface area (Å²) in [6.45, 7) is 6.62. The predicted octanol–water partition coefficient (Wildman–Crippen LogP) is 1.51. The largest absolute Gasteiger partial charge is 0.360 e. The van der Waals surface area contributed by atoms with Gasteiger partial charge in [-0.05, 0) is 12.8 Å². The van der Waals surface area contributed by atoms with Gasteiger partial charge in [0.2, 0.25) is 0 Å². The van der Waals surface area contributed by atoms with E-state index in [1.807, 2.05) is 6.07 Å². The van der Waals surface area contributed by atoms with Crippen molar-refractivity contribution in [2.45, 2.75) is 26.4 Å². The summed E-state index contributed by atoms with van der Waals surface area (Å²) in [6, 6.07) is 2.62. The molecule has 0 aliphatic carbocycles. The van der Waals surface area contributed by atoms with E-state index in [9.17, 15) is 0 Å². The van der Waals surface area contributed by atoms with Crippen LogP contribution in [0.1, 0.15) is 19.6 Å². The van der Waals surface area contributed by atoms with Crippen LogP contribution in [0.25, 0.3) is 0 Å². The van der Waals surface area contributed by atoms with E-state index in [0.717, 1.165) is 18.2 Å². The highest BCUT2D eigenvalue weighted by atomic mass is 16.5. The van der Waals surface area contributed by atoms with Gasteiger partial charge in [-0.2, -0.15) is 0 Å². The lowest BCUT2D eigenvalue weighted by Crippen LogP contribution is -2.52. The van der Waals surface area contributed by atoms with Crippen LogP contribution < -0.4 is 0 Å². The molecule has 3 nitrogen and oxygen atoms in total. The third-order valence-electron chi connectivity index (χ3n) is 2.77. The Kier molecular flexibility index (Phi) is 1.89. The molecular formula is C9H14N2O. The summed E-state index contributed by atoms with van der Waals surface area (Å²) < 4.78 is 5.03. The summed E-state index contributed by atoms with van der Waals surface area (Å²) >= 11 is 0. The van der Waals surface area contributed by atoms with Crippen LogP contribution in [0.3, 0.4) is 0 Å². The van der Waals surface area contributed by atoms with Crippen molar-refractivity contribution in [1.82, 2.24) is 10.1 Å². The fourth-order valence-electron chi connectivity index (χ4n) is 1.64. The van der Waals surface area contributed by atoms with E-state index in [-0.39, 0.29) is 0 Å². The molecule has 1 aromatic heterocycles. The summed E-state index contributed by atoms with van der Waals surface area (Å²) in [5.74, 6) is 1.79. The van der Waals surface area contributed by atoms with Crippen LogP contribution in [-0.2, 0) is 6.54 Å². The van der Waals surface area contributed by atoms with Gasteiger partial charge in [0, 0.05) is 18.7 Å². The molecule has 0 bridgehead atoms. The van der Waals surface area contributed by atoms with Crippen molar-refractivity contribution in [3.63, 3.8) is 0 Å². The molecule has 0 N–H and O–H groups in total. The summed E-state index contributed by atoms with van der Waals surface area (Å²) in [5, 5.41) is 3.68. The SMILES string of the molecule is CC1CN(Cc2ccno2)C1C. The van der Waals surface area contributed by atoms with E-state index in [1.165, 1.54) is 6.54 Å². The van der Waals surface area contributed by atoms with Crippen LogP contribution in [-0.4, -0.2) is 22.6 Å². The maximum Gasteiger partial charge on any atom is 0.150 e. The third kappa shape index (κ3) is 1.25. The maximum absolute atomic E-state index is 5.03. The lowest BCUT2D eigenvalue weighted by Gasteiger charge is -2.44. The van der Waals surface area contributed by atoms with E-state index in [1.54, 1.807) is 6.20 Å². The van der Waals surface area contributed by atoms with Gasteiger partial charge in [0.15, 0.2) is 5.76 Å². The zero-order chi connectivity index (χ0) is 8.55. The molecular weight excluding hydrogens is 152 g/mol. The highest BCUT2D eigenvalue weighted by Gasteiger charge is 2.31. The van der Waals surface area contributed by atoms with Crippen LogP contribution in [0.4, 0.5) is 0 Å². The van der Waals surface area contributed by atoms with E-state index in [2.05, 4.69) is 23.9 Å². The second kappa shape index (κ2) is 2.90. The molecule has 1 aliphatic heterocycles. The third-order valence-corrected chi connectivity index (χ3v) is 2.77. The van der Waals surface area contributed by atoms with Gasteiger partial charge in [0.1, 0.15) is 0 Å². The van der Waals surface area contributed by atoms with Crippen LogP contribution in [0.5, 0.6) is 0 Å². The first-order valence-electron chi connectivity index (χ1n) is 4.41. The molecule has 0 amide bonds. The van der Waals surface area contributed by atoms with E-state index in [4.69, 9.17) is 4.52 Å². The van der Waals surface area contributed by atoms with Gasteiger partial charge < -0.3 is 4.52 Å². The minimum atomic E-state index is 0.690. The van der Waals surface area contributed by atoms with Crippen molar-refractivity contribution in [2.75, 3.05) is 6.54 Å². The van der Waals surface area contributed by atoms with Gasteiger partial charge in [-0.15, -0.1) is 0 Å². The Morgan fingerprint density at radius 1 is 1.67 bits per heavy atom. The first kappa shape index (κ1) is 7.80. The zero-order valence-electron chi connectivity index (χ0n) is 7.53. The smallest absolute Gasteiger partial charge is 0.150 e. The van der Waals surface area contributed by atoms with Gasteiger partial charge in [-0.25, -0.2) is 0 Å². The van der Waals surface area contributed by atoms with Crippen molar-refractivity contribution in [1.29, 1.82) is 0 Å². The molecule has 1 aromatic rings. The van der Waals surface area contributed by atoms with E-state index < -0.39 is 0 Å². The van der Waals surface area contributed by atoms with Crippen molar-refractivity contribution >= 4 is 0 Å². The Labute approximate surface area is 72.3 Å². The predicted molar refractivity (Wildman–Crippen MR) is 45.5 cm³/mol. The van der Waals surface area contributed by atoms with Crippen LogP contribution >= 0.6 is 0 Å². The maximum atomic E-state index is 5.03. The normalized spacial score (nSPS) is 30.2. The quantitative estimate of drug-likeness (QED) is 0.667. The molecule has 0 saturated carbocycles. The highest BCUT2D eigenvalue weighted by molar-refractivity contribution is 4.96. The zero-order valence-corrected chi connectivity index (χ0v) is 7.53. The molecule has 2 heterocycles. The van der Waals surface area contributed by atoms with Crippen molar-refractivity contribution in [3.05, 3.63) is 18.0 Å². The molecule has 1 aliphatic rings. The van der Waals surface area contributed by atoms with E-state index >= 15 is 0 Å².